The van der Waals surface area contributed by atoms with E-state index >= 15 is 0 Å². The first kappa shape index (κ1) is 13.6. The molecule has 0 aliphatic rings. The van der Waals surface area contributed by atoms with E-state index in [4.69, 9.17) is 5.11 Å². The molecule has 3 nitrogen and oxygen atoms in total. The van der Waals surface area contributed by atoms with Crippen molar-refractivity contribution in [1.29, 1.82) is 0 Å². The van der Waals surface area contributed by atoms with Crippen LogP contribution in [0.4, 0.5) is 8.78 Å². The number of carboxylic acids is 1. The van der Waals surface area contributed by atoms with E-state index in [2.05, 4.69) is 0 Å². The Morgan fingerprint density at radius 1 is 1.41 bits per heavy atom. The molecule has 5 heteroatoms. The quantitative estimate of drug-likeness (QED) is 0.862. The van der Waals surface area contributed by atoms with Gasteiger partial charge in [0.25, 0.3) is 0 Å². The number of hydrogen-bond donors (Lipinski definition) is 1. The Kier molecular flexibility index (Phi) is 4.57. The van der Waals surface area contributed by atoms with Gasteiger partial charge < -0.3 is 5.11 Å². The summed E-state index contributed by atoms with van der Waals surface area (Å²) >= 11 is 0. The van der Waals surface area contributed by atoms with E-state index in [0.29, 0.717) is 12.0 Å². The molecule has 1 N–H and O–H groups in total. The van der Waals surface area contributed by atoms with Crippen LogP contribution in [0.15, 0.2) is 18.2 Å². The van der Waals surface area contributed by atoms with Gasteiger partial charge in [0.2, 0.25) is 0 Å². The van der Waals surface area contributed by atoms with Crippen molar-refractivity contribution in [3.8, 4) is 0 Å². The van der Waals surface area contributed by atoms with Gasteiger partial charge in [-0.05, 0) is 31.2 Å². The highest BCUT2D eigenvalue weighted by Gasteiger charge is 2.20. The lowest BCUT2D eigenvalue weighted by molar-refractivity contribution is -0.143. The summed E-state index contributed by atoms with van der Waals surface area (Å²) in [7, 11) is 1.64. The molecule has 1 rings (SSSR count). The third-order valence-corrected chi connectivity index (χ3v) is 2.62. The zero-order valence-electron chi connectivity index (χ0n) is 9.78. The number of likely N-dealkylation sites (N-methyl/N-ethyl adjacent to an activating group) is 1. The highest BCUT2D eigenvalue weighted by Crippen LogP contribution is 2.12. The summed E-state index contributed by atoms with van der Waals surface area (Å²) in [6.45, 7) is 2.03. The summed E-state index contributed by atoms with van der Waals surface area (Å²) in [5.41, 5.74) is 0.547. The van der Waals surface area contributed by atoms with Gasteiger partial charge in [0.1, 0.15) is 6.04 Å². The van der Waals surface area contributed by atoms with Crippen molar-refractivity contribution >= 4 is 5.97 Å². The van der Waals surface area contributed by atoms with Crippen LogP contribution in [-0.2, 0) is 11.3 Å². The third kappa shape index (κ3) is 3.49. The molecule has 1 atom stereocenters. The van der Waals surface area contributed by atoms with E-state index < -0.39 is 23.6 Å². The molecule has 0 spiro atoms. The molecule has 94 valence electrons. The molecule has 0 aliphatic carbocycles. The number of halogens is 2. The topological polar surface area (TPSA) is 40.5 Å². The highest BCUT2D eigenvalue weighted by atomic mass is 19.2. The fourth-order valence-electron chi connectivity index (χ4n) is 1.71. The molecular formula is C12H15F2NO2. The minimum atomic E-state index is -0.919. The Morgan fingerprint density at radius 3 is 2.53 bits per heavy atom. The molecule has 0 fully saturated rings. The molecule has 17 heavy (non-hydrogen) atoms. The Morgan fingerprint density at radius 2 is 2.06 bits per heavy atom. The highest BCUT2D eigenvalue weighted by molar-refractivity contribution is 5.73. The third-order valence-electron chi connectivity index (χ3n) is 2.62. The van der Waals surface area contributed by atoms with E-state index in [9.17, 15) is 13.6 Å². The van der Waals surface area contributed by atoms with Crippen molar-refractivity contribution in [2.45, 2.75) is 25.9 Å². The maximum absolute atomic E-state index is 13.0. The van der Waals surface area contributed by atoms with Gasteiger partial charge in [0.15, 0.2) is 11.6 Å². The zero-order chi connectivity index (χ0) is 13.0. The lowest BCUT2D eigenvalue weighted by Gasteiger charge is -2.23. The average Bonchev–Trinajstić information content (AvgIpc) is 2.24. The molecular weight excluding hydrogens is 228 g/mol. The average molecular weight is 243 g/mol. The van der Waals surface area contributed by atoms with E-state index in [1.54, 1.807) is 18.9 Å². The Labute approximate surface area is 98.7 Å². The van der Waals surface area contributed by atoms with E-state index in [0.717, 1.165) is 12.1 Å². The molecule has 0 radical (unpaired) electrons. The minimum absolute atomic E-state index is 0.266. The van der Waals surface area contributed by atoms with Crippen LogP contribution in [0.3, 0.4) is 0 Å². The fraction of sp³-hybridized carbons (Fsp3) is 0.417. The summed E-state index contributed by atoms with van der Waals surface area (Å²) in [6, 6.07) is 2.95. The lowest BCUT2D eigenvalue weighted by atomic mass is 10.1. The minimum Gasteiger partial charge on any atom is -0.480 e. The van der Waals surface area contributed by atoms with Gasteiger partial charge in [-0.15, -0.1) is 0 Å². The van der Waals surface area contributed by atoms with Crippen molar-refractivity contribution < 1.29 is 18.7 Å². The molecule has 1 aromatic rings. The smallest absolute Gasteiger partial charge is 0.320 e. The number of aliphatic carboxylic acids is 1. The van der Waals surface area contributed by atoms with Crippen LogP contribution >= 0.6 is 0 Å². The summed E-state index contributed by atoms with van der Waals surface area (Å²) in [6.07, 6.45) is 0.454. The van der Waals surface area contributed by atoms with Crippen LogP contribution in [0.2, 0.25) is 0 Å². The normalized spacial score (nSPS) is 12.8. The van der Waals surface area contributed by atoms with Crippen molar-refractivity contribution in [3.63, 3.8) is 0 Å². The van der Waals surface area contributed by atoms with Gasteiger partial charge in [-0.25, -0.2) is 8.78 Å². The number of carboxylic acid groups (broad SMARTS) is 1. The first-order chi connectivity index (χ1) is 7.95. The van der Waals surface area contributed by atoms with Crippen LogP contribution < -0.4 is 0 Å². The number of hydrogen-bond acceptors (Lipinski definition) is 2. The number of nitrogens with zero attached hydrogens (tertiary/aromatic N) is 1. The Balaban J connectivity index is 2.76. The molecule has 0 bridgehead atoms. The second kappa shape index (κ2) is 5.72. The number of rotatable bonds is 5. The van der Waals surface area contributed by atoms with Gasteiger partial charge in [0, 0.05) is 6.54 Å². The van der Waals surface area contributed by atoms with Crippen molar-refractivity contribution in [1.82, 2.24) is 4.90 Å². The van der Waals surface area contributed by atoms with Gasteiger partial charge in [-0.1, -0.05) is 13.0 Å². The molecule has 0 aliphatic heterocycles. The van der Waals surface area contributed by atoms with Crippen LogP contribution in [0.1, 0.15) is 18.9 Å². The maximum atomic E-state index is 13.0. The Bertz CT molecular complexity index is 409. The van der Waals surface area contributed by atoms with Gasteiger partial charge in [-0.3, -0.25) is 9.69 Å². The first-order valence-corrected chi connectivity index (χ1v) is 5.32. The van der Waals surface area contributed by atoms with Crippen LogP contribution in [-0.4, -0.2) is 29.1 Å². The number of benzene rings is 1. The van der Waals surface area contributed by atoms with Crippen molar-refractivity contribution in [3.05, 3.63) is 35.4 Å². The van der Waals surface area contributed by atoms with E-state index in [1.165, 1.54) is 6.07 Å². The largest absolute Gasteiger partial charge is 0.480 e. The molecule has 0 saturated carbocycles. The molecule has 1 unspecified atom stereocenters. The van der Waals surface area contributed by atoms with E-state index in [-0.39, 0.29) is 6.54 Å². The summed E-state index contributed by atoms with van der Waals surface area (Å²) in [4.78, 5) is 12.5. The standard InChI is InChI=1S/C12H15F2NO2/c1-3-11(12(16)17)15(2)7-8-4-5-9(13)10(14)6-8/h4-6,11H,3,7H2,1-2H3,(H,16,17). The van der Waals surface area contributed by atoms with Gasteiger partial charge in [0.05, 0.1) is 0 Å². The van der Waals surface area contributed by atoms with Crippen LogP contribution in [0, 0.1) is 11.6 Å². The second-order valence-electron chi connectivity index (χ2n) is 3.93. The predicted molar refractivity (Wildman–Crippen MR) is 59.5 cm³/mol. The fourth-order valence-corrected chi connectivity index (χ4v) is 1.71. The monoisotopic (exact) mass is 243 g/mol. The van der Waals surface area contributed by atoms with Gasteiger partial charge in [-0.2, -0.15) is 0 Å². The maximum Gasteiger partial charge on any atom is 0.320 e. The SMILES string of the molecule is CCC(C(=O)O)N(C)Cc1ccc(F)c(F)c1. The second-order valence-corrected chi connectivity index (χ2v) is 3.93. The molecule has 1 aromatic carbocycles. The van der Waals surface area contributed by atoms with Crippen molar-refractivity contribution in [2.75, 3.05) is 7.05 Å². The molecule has 0 heterocycles. The predicted octanol–water partition coefficient (Wildman–Crippen LogP) is 2.26. The zero-order valence-corrected chi connectivity index (χ0v) is 9.78. The number of carbonyl (C=O) groups is 1. The van der Waals surface area contributed by atoms with Crippen LogP contribution in [0.5, 0.6) is 0 Å². The van der Waals surface area contributed by atoms with Crippen LogP contribution in [0.25, 0.3) is 0 Å². The van der Waals surface area contributed by atoms with Gasteiger partial charge >= 0.3 is 5.97 Å². The van der Waals surface area contributed by atoms with E-state index in [1.807, 2.05) is 0 Å². The summed E-state index contributed by atoms with van der Waals surface area (Å²) in [5, 5.41) is 8.94. The Hall–Kier alpha value is -1.49. The first-order valence-electron chi connectivity index (χ1n) is 5.32. The molecule has 0 aromatic heterocycles. The molecule has 0 amide bonds. The lowest BCUT2D eigenvalue weighted by Crippen LogP contribution is -2.37. The molecule has 0 saturated heterocycles. The summed E-state index contributed by atoms with van der Waals surface area (Å²) < 4.78 is 25.7. The summed E-state index contributed by atoms with van der Waals surface area (Å²) in [5.74, 6) is -2.74. The van der Waals surface area contributed by atoms with Crippen molar-refractivity contribution in [2.24, 2.45) is 0 Å².